The molecule has 0 bridgehead atoms. The first-order valence-corrected chi connectivity index (χ1v) is 16.9. The van der Waals surface area contributed by atoms with E-state index in [1.165, 1.54) is 17.4 Å². The molecule has 0 aliphatic carbocycles. The van der Waals surface area contributed by atoms with Crippen LogP contribution in [-0.4, -0.2) is 34.5 Å². The van der Waals surface area contributed by atoms with Crippen molar-refractivity contribution in [3.63, 3.8) is 0 Å². The highest BCUT2D eigenvalue weighted by Crippen LogP contribution is 2.35. The molecular formula is C37H30N2O6S2. The Labute approximate surface area is 279 Å². The molecule has 6 rings (SSSR count). The van der Waals surface area contributed by atoms with Crippen LogP contribution in [0.3, 0.4) is 0 Å². The number of benzene rings is 4. The summed E-state index contributed by atoms with van der Waals surface area (Å²) in [7, 11) is 0. The summed E-state index contributed by atoms with van der Waals surface area (Å²) in [4.78, 5) is 45.5. The van der Waals surface area contributed by atoms with E-state index in [1.807, 2.05) is 79.1 Å². The molecule has 8 nitrogen and oxygen atoms in total. The van der Waals surface area contributed by atoms with Gasteiger partial charge in [0.05, 0.1) is 34.0 Å². The van der Waals surface area contributed by atoms with Crippen LogP contribution in [0.25, 0.3) is 11.8 Å². The van der Waals surface area contributed by atoms with Gasteiger partial charge in [0.25, 0.3) is 5.56 Å². The van der Waals surface area contributed by atoms with Crippen LogP contribution in [0, 0.1) is 0 Å². The Morgan fingerprint density at radius 3 is 2.40 bits per heavy atom. The molecule has 1 N–H and O–H groups in total. The number of carbonyl (C=O) groups excluding carboxylic acids is 1. The summed E-state index contributed by atoms with van der Waals surface area (Å²) in [5.41, 5.74) is 3.78. The number of thioether (sulfide) groups is 1. The molecule has 0 saturated heterocycles. The summed E-state index contributed by atoms with van der Waals surface area (Å²) in [6.07, 6.45) is 3.79. The number of carboxylic acids is 1. The van der Waals surface area contributed by atoms with Crippen LogP contribution < -0.4 is 19.6 Å². The summed E-state index contributed by atoms with van der Waals surface area (Å²) in [6.45, 7) is 2.15. The lowest BCUT2D eigenvalue weighted by Gasteiger charge is -2.26. The van der Waals surface area contributed by atoms with Crippen molar-refractivity contribution < 1.29 is 24.2 Å². The summed E-state index contributed by atoms with van der Waals surface area (Å²) in [5.74, 6) is -0.909. The van der Waals surface area contributed by atoms with Gasteiger partial charge >= 0.3 is 11.9 Å². The van der Waals surface area contributed by atoms with Crippen molar-refractivity contribution in [3.05, 3.63) is 156 Å². The molecule has 0 unspecified atom stereocenters. The second-order valence-electron chi connectivity index (χ2n) is 10.6. The number of hydrogen-bond acceptors (Lipinski definition) is 8. The second kappa shape index (κ2) is 14.1. The van der Waals surface area contributed by atoms with Crippen molar-refractivity contribution in [2.45, 2.75) is 24.5 Å². The minimum absolute atomic E-state index is 0.182. The molecule has 0 fully saturated rings. The van der Waals surface area contributed by atoms with Crippen molar-refractivity contribution in [3.8, 4) is 5.75 Å². The highest BCUT2D eigenvalue weighted by Gasteiger charge is 2.35. The number of aromatic nitrogens is 1. The van der Waals surface area contributed by atoms with Crippen molar-refractivity contribution in [1.29, 1.82) is 0 Å². The second-order valence-corrected chi connectivity index (χ2v) is 12.5. The third-order valence-corrected chi connectivity index (χ3v) is 9.29. The fourth-order valence-corrected chi connectivity index (χ4v) is 6.72. The van der Waals surface area contributed by atoms with Crippen LogP contribution in [-0.2, 0) is 16.1 Å². The van der Waals surface area contributed by atoms with Crippen LogP contribution in [0.15, 0.2) is 123 Å². The fraction of sp³-hybridized carbons (Fsp3) is 0.135. The number of ether oxygens (including phenoxy) is 2. The average Bonchev–Trinajstić information content (AvgIpc) is 3.41. The molecule has 5 aromatic rings. The first kappa shape index (κ1) is 31.8. The van der Waals surface area contributed by atoms with Crippen molar-refractivity contribution in [1.82, 2.24) is 4.57 Å². The summed E-state index contributed by atoms with van der Waals surface area (Å²) < 4.78 is 13.5. The monoisotopic (exact) mass is 662 g/mol. The Bertz CT molecular complexity index is 2150. The predicted molar refractivity (Wildman–Crippen MR) is 183 cm³/mol. The molecule has 1 atom stereocenters. The van der Waals surface area contributed by atoms with Crippen LogP contribution in [0.2, 0.25) is 0 Å². The van der Waals surface area contributed by atoms with Crippen molar-refractivity contribution >= 4 is 46.8 Å². The molecule has 4 aromatic carbocycles. The Morgan fingerprint density at radius 1 is 0.979 bits per heavy atom. The third kappa shape index (κ3) is 6.84. The number of carbonyl (C=O) groups is 2. The zero-order chi connectivity index (χ0) is 32.9. The lowest BCUT2D eigenvalue weighted by Crippen LogP contribution is -2.40. The molecule has 10 heteroatoms. The van der Waals surface area contributed by atoms with E-state index in [0.29, 0.717) is 26.4 Å². The molecule has 1 aromatic heterocycles. The molecule has 236 valence electrons. The van der Waals surface area contributed by atoms with Gasteiger partial charge in [-0.3, -0.25) is 9.36 Å². The van der Waals surface area contributed by atoms with E-state index in [9.17, 15) is 19.5 Å². The Balaban J connectivity index is 1.40. The molecule has 2 heterocycles. The number of nitrogens with zero attached hydrogens (tertiary/aromatic N) is 2. The number of carboxylic acid groups (broad SMARTS) is 1. The topological polar surface area (TPSA) is 107 Å². The minimum Gasteiger partial charge on any atom is -0.489 e. The Kier molecular flexibility index (Phi) is 9.51. The van der Waals surface area contributed by atoms with Gasteiger partial charge in [0.2, 0.25) is 0 Å². The van der Waals surface area contributed by atoms with Crippen LogP contribution in [0.4, 0.5) is 0 Å². The van der Waals surface area contributed by atoms with E-state index in [0.717, 1.165) is 27.1 Å². The van der Waals surface area contributed by atoms with E-state index >= 15 is 0 Å². The number of aromatic carboxylic acids is 1. The zero-order valence-electron chi connectivity index (χ0n) is 25.6. The SMILES string of the molecule is CCOC(=O)C1=C(c2ccccc2)N=c2s/c(=C\c3ccc(OCc4cccc(C(=O)O)c4)cc3)c(=O)n2[C@H]1c1ccc(SC)cc1. The molecule has 0 spiro atoms. The van der Waals surface area contributed by atoms with Gasteiger partial charge in [-0.15, -0.1) is 11.8 Å². The maximum Gasteiger partial charge on any atom is 0.338 e. The molecule has 1 aliphatic rings. The van der Waals surface area contributed by atoms with Gasteiger partial charge in [-0.05, 0) is 72.3 Å². The number of thiazole rings is 1. The van der Waals surface area contributed by atoms with E-state index < -0.39 is 18.0 Å². The molecule has 47 heavy (non-hydrogen) atoms. The summed E-state index contributed by atoms with van der Waals surface area (Å²) >= 11 is 2.87. The molecule has 0 amide bonds. The largest absolute Gasteiger partial charge is 0.489 e. The van der Waals surface area contributed by atoms with Crippen LogP contribution in [0.1, 0.15) is 45.6 Å². The minimum atomic E-state index is -0.991. The number of hydrogen-bond donors (Lipinski definition) is 1. The van der Waals surface area contributed by atoms with Crippen molar-refractivity contribution in [2.24, 2.45) is 4.99 Å². The molecular weight excluding hydrogens is 633 g/mol. The highest BCUT2D eigenvalue weighted by molar-refractivity contribution is 7.98. The number of rotatable bonds is 10. The molecule has 0 saturated carbocycles. The normalized spacial score (nSPS) is 14.3. The standard InChI is InChI=1S/C37H30N2O6S2/c1-3-44-36(43)31-32(25-9-5-4-6-10-25)38-37-39(33(31)26-14-18-29(46-2)19-15-26)34(40)30(47-37)21-23-12-16-28(17-13-23)45-22-24-8-7-11-27(20-24)35(41)42/h4-21,33H,3,22H2,1-2H3,(H,41,42)/b30-21-/t33-/m0/s1. The lowest BCUT2D eigenvalue weighted by molar-refractivity contribution is -0.138. The first-order valence-electron chi connectivity index (χ1n) is 14.8. The van der Waals surface area contributed by atoms with Gasteiger partial charge in [-0.2, -0.15) is 0 Å². The summed E-state index contributed by atoms with van der Waals surface area (Å²) in [6, 6.07) is 30.5. The number of esters is 1. The van der Waals surface area contributed by atoms with Gasteiger partial charge in [-0.1, -0.05) is 78.1 Å². The van der Waals surface area contributed by atoms with Gasteiger partial charge in [0.15, 0.2) is 4.80 Å². The Morgan fingerprint density at radius 2 is 1.72 bits per heavy atom. The van der Waals surface area contributed by atoms with Gasteiger partial charge in [0, 0.05) is 10.5 Å². The fourth-order valence-electron chi connectivity index (χ4n) is 5.31. The highest BCUT2D eigenvalue weighted by atomic mass is 32.2. The quantitative estimate of drug-likeness (QED) is 0.146. The maximum absolute atomic E-state index is 14.1. The molecule has 1 aliphatic heterocycles. The third-order valence-electron chi connectivity index (χ3n) is 7.56. The van der Waals surface area contributed by atoms with Gasteiger partial charge in [0.1, 0.15) is 12.4 Å². The van der Waals surface area contributed by atoms with E-state index in [2.05, 4.69) is 0 Å². The Hall–Kier alpha value is -5.19. The zero-order valence-corrected chi connectivity index (χ0v) is 27.2. The van der Waals surface area contributed by atoms with E-state index in [4.69, 9.17) is 14.5 Å². The van der Waals surface area contributed by atoms with E-state index in [1.54, 1.807) is 53.6 Å². The van der Waals surface area contributed by atoms with E-state index in [-0.39, 0.29) is 24.3 Å². The number of fused-ring (bicyclic) bond motifs is 1. The van der Waals surface area contributed by atoms with Crippen molar-refractivity contribution in [2.75, 3.05) is 12.9 Å². The first-order chi connectivity index (χ1) is 22.9. The lowest BCUT2D eigenvalue weighted by atomic mass is 9.93. The maximum atomic E-state index is 14.1. The van der Waals surface area contributed by atoms with Crippen LogP contribution in [0.5, 0.6) is 5.75 Å². The smallest absolute Gasteiger partial charge is 0.338 e. The predicted octanol–water partition coefficient (Wildman–Crippen LogP) is 5.93. The average molecular weight is 663 g/mol. The summed E-state index contributed by atoms with van der Waals surface area (Å²) in [5, 5.41) is 9.24. The van der Waals surface area contributed by atoms with Gasteiger partial charge < -0.3 is 14.6 Å². The molecule has 0 radical (unpaired) electrons. The van der Waals surface area contributed by atoms with Gasteiger partial charge in [-0.25, -0.2) is 14.6 Å². The van der Waals surface area contributed by atoms with Crippen LogP contribution >= 0.6 is 23.1 Å².